The molecule has 0 aliphatic heterocycles. The van der Waals surface area contributed by atoms with Gasteiger partial charge in [0.2, 0.25) is 0 Å². The van der Waals surface area contributed by atoms with Crippen LogP contribution < -0.4 is 5.32 Å². The Balaban J connectivity index is 1.91. The minimum Gasteiger partial charge on any atom is -0.361 e. The number of fused-ring (bicyclic) bond motifs is 1. The van der Waals surface area contributed by atoms with Crippen LogP contribution >= 0.6 is 0 Å². The summed E-state index contributed by atoms with van der Waals surface area (Å²) < 4.78 is 29.1. The van der Waals surface area contributed by atoms with E-state index in [1.54, 1.807) is 13.2 Å². The Hall–Kier alpha value is -2.84. The first-order valence-electron chi connectivity index (χ1n) is 8.16. The average Bonchev–Trinajstić information content (AvgIpc) is 3.33. The highest BCUT2D eigenvalue weighted by molar-refractivity contribution is 7.90. The largest absolute Gasteiger partial charge is 0.361 e. The Morgan fingerprint density at radius 3 is 2.77 bits per heavy atom. The maximum absolute atomic E-state index is 13.2. The van der Waals surface area contributed by atoms with Crippen molar-refractivity contribution in [2.75, 3.05) is 7.05 Å². The second-order valence-corrected chi connectivity index (χ2v) is 8.01. The SMILES string of the molecule is CNCc1cc(-c2ccc3[nH]ccc3c2)n(S(=O)(=O)c2cnn(C)c2)c1. The van der Waals surface area contributed by atoms with Crippen molar-refractivity contribution < 1.29 is 8.42 Å². The van der Waals surface area contributed by atoms with E-state index in [1.807, 2.05) is 43.6 Å². The van der Waals surface area contributed by atoms with Crippen LogP contribution in [0.5, 0.6) is 0 Å². The lowest BCUT2D eigenvalue weighted by Gasteiger charge is -2.09. The Labute approximate surface area is 151 Å². The maximum atomic E-state index is 13.2. The third kappa shape index (κ3) is 2.73. The van der Waals surface area contributed by atoms with E-state index in [0.29, 0.717) is 12.2 Å². The highest BCUT2D eigenvalue weighted by Crippen LogP contribution is 2.29. The second-order valence-electron chi connectivity index (χ2n) is 6.19. The number of hydrogen-bond donors (Lipinski definition) is 2. The molecule has 0 fully saturated rings. The minimum absolute atomic E-state index is 0.163. The van der Waals surface area contributed by atoms with Crippen LogP contribution in [0.15, 0.2) is 60.0 Å². The molecule has 2 N–H and O–H groups in total. The number of H-pyrrole nitrogens is 1. The topological polar surface area (TPSA) is 84.7 Å². The summed E-state index contributed by atoms with van der Waals surface area (Å²) in [5.41, 5.74) is 3.37. The molecule has 0 aliphatic carbocycles. The van der Waals surface area contributed by atoms with Gasteiger partial charge in [-0.25, -0.2) is 12.4 Å². The van der Waals surface area contributed by atoms with E-state index in [4.69, 9.17) is 0 Å². The summed E-state index contributed by atoms with van der Waals surface area (Å²) in [6.07, 6.45) is 6.40. The van der Waals surface area contributed by atoms with Crippen molar-refractivity contribution in [1.29, 1.82) is 0 Å². The molecule has 3 aromatic heterocycles. The molecule has 0 amide bonds. The molecule has 7 nitrogen and oxygen atoms in total. The van der Waals surface area contributed by atoms with Crippen LogP contribution in [0.25, 0.3) is 22.2 Å². The maximum Gasteiger partial charge on any atom is 0.271 e. The lowest BCUT2D eigenvalue weighted by molar-refractivity contribution is 0.587. The van der Waals surface area contributed by atoms with Gasteiger partial charge in [-0.1, -0.05) is 6.07 Å². The van der Waals surface area contributed by atoms with Gasteiger partial charge in [-0.2, -0.15) is 5.10 Å². The highest BCUT2D eigenvalue weighted by atomic mass is 32.2. The fourth-order valence-electron chi connectivity index (χ4n) is 3.07. The minimum atomic E-state index is -3.74. The van der Waals surface area contributed by atoms with Gasteiger partial charge in [-0.15, -0.1) is 0 Å². The fourth-order valence-corrected chi connectivity index (χ4v) is 4.45. The van der Waals surface area contributed by atoms with Crippen molar-refractivity contribution in [1.82, 2.24) is 24.1 Å². The number of aryl methyl sites for hydroxylation is 1. The molecule has 0 radical (unpaired) electrons. The van der Waals surface area contributed by atoms with Crippen LogP contribution in [-0.2, 0) is 23.6 Å². The van der Waals surface area contributed by atoms with Crippen molar-refractivity contribution >= 4 is 20.9 Å². The summed E-state index contributed by atoms with van der Waals surface area (Å²) in [4.78, 5) is 3.31. The van der Waals surface area contributed by atoms with E-state index in [9.17, 15) is 8.42 Å². The van der Waals surface area contributed by atoms with Crippen molar-refractivity contribution in [3.05, 3.63) is 60.7 Å². The first kappa shape index (κ1) is 16.6. The summed E-state index contributed by atoms with van der Waals surface area (Å²) >= 11 is 0. The predicted octanol–water partition coefficient (Wildman–Crippen LogP) is 2.33. The molecule has 0 unspecified atom stereocenters. The van der Waals surface area contributed by atoms with Gasteiger partial charge in [0.1, 0.15) is 4.90 Å². The van der Waals surface area contributed by atoms with Crippen molar-refractivity contribution in [2.45, 2.75) is 11.4 Å². The van der Waals surface area contributed by atoms with E-state index < -0.39 is 10.0 Å². The standard InChI is InChI=1S/C18H19N5O2S/c1-19-9-13-7-18(15-3-4-17-14(8-15)5-6-20-17)23(11-13)26(24,25)16-10-21-22(2)12-16/h3-8,10-12,19-20H,9H2,1-2H3. The van der Waals surface area contributed by atoms with Crippen molar-refractivity contribution in [3.8, 4) is 11.3 Å². The number of nitrogens with one attached hydrogen (secondary N) is 2. The molecular weight excluding hydrogens is 350 g/mol. The lowest BCUT2D eigenvalue weighted by atomic mass is 10.1. The molecule has 4 aromatic rings. The van der Waals surface area contributed by atoms with E-state index in [2.05, 4.69) is 15.4 Å². The Kier molecular flexibility index (Phi) is 3.93. The van der Waals surface area contributed by atoms with Gasteiger partial charge in [0.15, 0.2) is 0 Å². The van der Waals surface area contributed by atoms with Crippen LogP contribution in [0, 0.1) is 0 Å². The van der Waals surface area contributed by atoms with E-state index in [-0.39, 0.29) is 4.90 Å². The van der Waals surface area contributed by atoms with Crippen molar-refractivity contribution in [3.63, 3.8) is 0 Å². The van der Waals surface area contributed by atoms with E-state index in [0.717, 1.165) is 22.0 Å². The molecule has 3 heterocycles. The zero-order valence-electron chi connectivity index (χ0n) is 14.5. The number of aromatic nitrogens is 4. The number of hydrogen-bond acceptors (Lipinski definition) is 4. The summed E-state index contributed by atoms with van der Waals surface area (Å²) in [6, 6.07) is 9.73. The predicted molar refractivity (Wildman–Crippen MR) is 100 cm³/mol. The van der Waals surface area contributed by atoms with Gasteiger partial charge >= 0.3 is 0 Å². The quantitative estimate of drug-likeness (QED) is 0.565. The molecule has 26 heavy (non-hydrogen) atoms. The Bertz CT molecular complexity index is 1180. The van der Waals surface area contributed by atoms with Gasteiger partial charge < -0.3 is 10.3 Å². The molecule has 0 spiro atoms. The molecule has 0 saturated carbocycles. The lowest BCUT2D eigenvalue weighted by Crippen LogP contribution is -2.13. The summed E-state index contributed by atoms with van der Waals surface area (Å²) in [6.45, 7) is 0.578. The highest BCUT2D eigenvalue weighted by Gasteiger charge is 2.23. The average molecular weight is 369 g/mol. The molecule has 0 saturated heterocycles. The normalized spacial score (nSPS) is 12.1. The number of rotatable bonds is 5. The van der Waals surface area contributed by atoms with Gasteiger partial charge in [0.05, 0.1) is 11.9 Å². The first-order valence-corrected chi connectivity index (χ1v) is 9.60. The number of aromatic amines is 1. The summed E-state index contributed by atoms with van der Waals surface area (Å²) in [5, 5.41) is 8.09. The number of benzene rings is 1. The summed E-state index contributed by atoms with van der Waals surface area (Å²) in [7, 11) is -0.208. The zero-order valence-corrected chi connectivity index (χ0v) is 15.3. The van der Waals surface area contributed by atoms with Gasteiger partial charge in [-0.3, -0.25) is 4.68 Å². The molecule has 134 valence electrons. The van der Waals surface area contributed by atoms with E-state index >= 15 is 0 Å². The van der Waals surface area contributed by atoms with Crippen LogP contribution in [0.4, 0.5) is 0 Å². The summed E-state index contributed by atoms with van der Waals surface area (Å²) in [5.74, 6) is 0. The van der Waals surface area contributed by atoms with E-state index in [1.165, 1.54) is 21.0 Å². The molecular formula is C18H19N5O2S. The van der Waals surface area contributed by atoms with Gasteiger partial charge in [-0.05, 0) is 42.4 Å². The number of nitrogens with zero attached hydrogens (tertiary/aromatic N) is 3. The Morgan fingerprint density at radius 2 is 2.04 bits per heavy atom. The third-order valence-electron chi connectivity index (χ3n) is 4.31. The Morgan fingerprint density at radius 1 is 1.19 bits per heavy atom. The van der Waals surface area contributed by atoms with Crippen molar-refractivity contribution in [2.24, 2.45) is 7.05 Å². The first-order chi connectivity index (χ1) is 12.5. The molecule has 0 bridgehead atoms. The monoisotopic (exact) mass is 369 g/mol. The van der Waals surface area contributed by atoms with Crippen LogP contribution in [0.3, 0.4) is 0 Å². The molecule has 1 aromatic carbocycles. The van der Waals surface area contributed by atoms with Gasteiger partial charge in [0.25, 0.3) is 10.0 Å². The molecule has 0 atom stereocenters. The van der Waals surface area contributed by atoms with Crippen LogP contribution in [-0.4, -0.2) is 34.2 Å². The molecule has 0 aliphatic rings. The molecule has 4 rings (SSSR count). The fraction of sp³-hybridized carbons (Fsp3) is 0.167. The van der Waals surface area contributed by atoms with Gasteiger partial charge in [0, 0.05) is 43.1 Å². The van der Waals surface area contributed by atoms with Crippen LogP contribution in [0.2, 0.25) is 0 Å². The third-order valence-corrected chi connectivity index (χ3v) is 5.94. The zero-order chi connectivity index (χ0) is 18.3. The second kappa shape index (κ2) is 6.15. The van der Waals surface area contributed by atoms with Crippen LogP contribution in [0.1, 0.15) is 5.56 Å². The molecule has 8 heteroatoms. The smallest absolute Gasteiger partial charge is 0.271 e.